The van der Waals surface area contributed by atoms with Gasteiger partial charge in [-0.15, -0.1) is 0 Å². The summed E-state index contributed by atoms with van der Waals surface area (Å²) < 4.78 is 0. The Bertz CT molecular complexity index is 789. The second-order valence-corrected chi connectivity index (χ2v) is 6.41. The van der Waals surface area contributed by atoms with Crippen molar-refractivity contribution in [1.29, 1.82) is 0 Å². The Morgan fingerprint density at radius 3 is 2.83 bits per heavy atom. The average molecular weight is 343 g/mol. The summed E-state index contributed by atoms with van der Waals surface area (Å²) in [7, 11) is 0. The van der Waals surface area contributed by atoms with E-state index in [4.69, 9.17) is 11.6 Å². The van der Waals surface area contributed by atoms with Gasteiger partial charge in [-0.2, -0.15) is 0 Å². The molecule has 1 heterocycles. The molecular formula is C19H19ClN2O2. The van der Waals surface area contributed by atoms with E-state index >= 15 is 0 Å². The van der Waals surface area contributed by atoms with Gasteiger partial charge in [0.1, 0.15) is 6.54 Å². The highest BCUT2D eigenvalue weighted by Gasteiger charge is 2.24. The zero-order chi connectivity index (χ0) is 17.1. The molecule has 0 atom stereocenters. The third-order valence-electron chi connectivity index (χ3n) is 4.20. The van der Waals surface area contributed by atoms with Crippen molar-refractivity contribution in [3.63, 3.8) is 0 Å². The van der Waals surface area contributed by atoms with E-state index in [1.165, 1.54) is 0 Å². The monoisotopic (exact) mass is 342 g/mol. The molecule has 0 aliphatic carbocycles. The van der Waals surface area contributed by atoms with Crippen molar-refractivity contribution in [2.45, 2.75) is 26.2 Å². The Morgan fingerprint density at radius 2 is 2.00 bits per heavy atom. The van der Waals surface area contributed by atoms with Gasteiger partial charge in [-0.1, -0.05) is 35.9 Å². The standard InChI is InChI=1S/C19H19ClN2O2/c1-13-9-10-15(20)11-16(13)21-18(23)12-22-17-7-3-2-5-14(17)6-4-8-19(22)24/h2-3,5,7,9-11H,4,6,8,12H2,1H3,(H,21,23). The molecule has 0 spiro atoms. The molecule has 0 aromatic heterocycles. The van der Waals surface area contributed by atoms with Crippen LogP contribution in [-0.2, 0) is 16.0 Å². The van der Waals surface area contributed by atoms with Crippen molar-refractivity contribution in [2.75, 3.05) is 16.8 Å². The van der Waals surface area contributed by atoms with Gasteiger partial charge in [0.15, 0.2) is 0 Å². The molecule has 2 aromatic carbocycles. The summed E-state index contributed by atoms with van der Waals surface area (Å²) >= 11 is 5.99. The first-order chi connectivity index (χ1) is 11.5. The molecule has 124 valence electrons. The summed E-state index contributed by atoms with van der Waals surface area (Å²) in [4.78, 5) is 26.5. The van der Waals surface area contributed by atoms with Crippen LogP contribution in [0.4, 0.5) is 11.4 Å². The predicted octanol–water partition coefficient (Wildman–Crippen LogP) is 3.96. The molecule has 5 heteroatoms. The number of rotatable bonds is 3. The second kappa shape index (κ2) is 7.05. The van der Waals surface area contributed by atoms with Gasteiger partial charge >= 0.3 is 0 Å². The molecule has 0 bridgehead atoms. The lowest BCUT2D eigenvalue weighted by molar-refractivity contribution is -0.121. The average Bonchev–Trinajstić information content (AvgIpc) is 2.71. The van der Waals surface area contributed by atoms with Crippen LogP contribution >= 0.6 is 11.6 Å². The Kier molecular flexibility index (Phi) is 4.86. The van der Waals surface area contributed by atoms with E-state index in [1.807, 2.05) is 37.3 Å². The molecule has 2 amide bonds. The summed E-state index contributed by atoms with van der Waals surface area (Å²) in [6.07, 6.45) is 2.12. The summed E-state index contributed by atoms with van der Waals surface area (Å²) in [5.74, 6) is -0.247. The van der Waals surface area contributed by atoms with Gasteiger partial charge in [-0.3, -0.25) is 9.59 Å². The van der Waals surface area contributed by atoms with Gasteiger partial charge in [-0.05, 0) is 49.1 Å². The molecular weight excluding hydrogens is 324 g/mol. The largest absolute Gasteiger partial charge is 0.324 e. The minimum Gasteiger partial charge on any atom is -0.324 e. The smallest absolute Gasteiger partial charge is 0.244 e. The summed E-state index contributed by atoms with van der Waals surface area (Å²) in [5.41, 5.74) is 3.53. The number of carbonyl (C=O) groups excluding carboxylic acids is 2. The molecule has 4 nitrogen and oxygen atoms in total. The second-order valence-electron chi connectivity index (χ2n) is 5.97. The SMILES string of the molecule is Cc1ccc(Cl)cc1NC(=O)CN1C(=O)CCCc2ccccc21. The Labute approximate surface area is 146 Å². The molecule has 0 saturated carbocycles. The number of anilines is 2. The van der Waals surface area contributed by atoms with Crippen LogP contribution in [0, 0.1) is 6.92 Å². The molecule has 1 N–H and O–H groups in total. The first-order valence-corrected chi connectivity index (χ1v) is 8.36. The summed E-state index contributed by atoms with van der Waals surface area (Å²) in [5, 5.41) is 3.41. The number of hydrogen-bond donors (Lipinski definition) is 1. The van der Waals surface area contributed by atoms with Crippen LogP contribution in [0.1, 0.15) is 24.0 Å². The van der Waals surface area contributed by atoms with Crippen LogP contribution in [0.25, 0.3) is 0 Å². The van der Waals surface area contributed by atoms with Gasteiger partial charge < -0.3 is 10.2 Å². The maximum Gasteiger partial charge on any atom is 0.244 e. The van der Waals surface area contributed by atoms with Gasteiger partial charge in [0.05, 0.1) is 0 Å². The van der Waals surface area contributed by atoms with Crippen molar-refractivity contribution >= 4 is 34.8 Å². The zero-order valence-corrected chi connectivity index (χ0v) is 14.3. The van der Waals surface area contributed by atoms with Gasteiger partial charge in [0.25, 0.3) is 0 Å². The number of hydrogen-bond acceptors (Lipinski definition) is 2. The fraction of sp³-hybridized carbons (Fsp3) is 0.263. The van der Waals surface area contributed by atoms with Gasteiger partial charge in [0.2, 0.25) is 11.8 Å². The molecule has 0 saturated heterocycles. The number of fused-ring (bicyclic) bond motifs is 1. The van der Waals surface area contributed by atoms with E-state index in [2.05, 4.69) is 5.32 Å². The number of nitrogens with zero attached hydrogens (tertiary/aromatic N) is 1. The third-order valence-corrected chi connectivity index (χ3v) is 4.43. The maximum atomic E-state index is 12.5. The van der Waals surface area contributed by atoms with Crippen LogP contribution in [0.15, 0.2) is 42.5 Å². The van der Waals surface area contributed by atoms with Crippen LogP contribution in [0.2, 0.25) is 5.02 Å². The van der Waals surface area contributed by atoms with E-state index in [-0.39, 0.29) is 18.4 Å². The lowest BCUT2D eigenvalue weighted by Crippen LogP contribution is -2.37. The number of halogens is 1. The third kappa shape index (κ3) is 3.60. The van der Waals surface area contributed by atoms with Crippen molar-refractivity contribution in [3.05, 3.63) is 58.6 Å². The number of benzene rings is 2. The van der Waals surface area contributed by atoms with Gasteiger partial charge in [-0.25, -0.2) is 0 Å². The highest BCUT2D eigenvalue weighted by molar-refractivity contribution is 6.31. The lowest BCUT2D eigenvalue weighted by atomic mass is 10.1. The molecule has 1 aliphatic heterocycles. The van der Waals surface area contributed by atoms with E-state index in [0.717, 1.165) is 29.7 Å². The molecule has 0 radical (unpaired) electrons. The van der Waals surface area contributed by atoms with Gasteiger partial charge in [0, 0.05) is 22.8 Å². The number of carbonyl (C=O) groups is 2. The zero-order valence-electron chi connectivity index (χ0n) is 13.5. The van der Waals surface area contributed by atoms with Crippen LogP contribution in [0.3, 0.4) is 0 Å². The minimum absolute atomic E-state index is 0.00179. The Morgan fingerprint density at radius 1 is 1.21 bits per heavy atom. The van der Waals surface area contributed by atoms with Crippen LogP contribution in [-0.4, -0.2) is 18.4 Å². The van der Waals surface area contributed by atoms with E-state index < -0.39 is 0 Å². The summed E-state index contributed by atoms with van der Waals surface area (Å²) in [6, 6.07) is 13.1. The number of aryl methyl sites for hydroxylation is 2. The predicted molar refractivity (Wildman–Crippen MR) is 96.6 cm³/mol. The van der Waals surface area contributed by atoms with Crippen molar-refractivity contribution in [2.24, 2.45) is 0 Å². The molecule has 1 aliphatic rings. The summed E-state index contributed by atoms with van der Waals surface area (Å²) in [6.45, 7) is 1.90. The van der Waals surface area contributed by atoms with Crippen LogP contribution < -0.4 is 10.2 Å². The Balaban J connectivity index is 1.80. The highest BCUT2D eigenvalue weighted by atomic mass is 35.5. The Hall–Kier alpha value is -2.33. The number of nitrogens with one attached hydrogen (secondary N) is 1. The highest BCUT2D eigenvalue weighted by Crippen LogP contribution is 2.27. The fourth-order valence-electron chi connectivity index (χ4n) is 2.92. The quantitative estimate of drug-likeness (QED) is 0.918. The molecule has 3 rings (SSSR count). The molecule has 24 heavy (non-hydrogen) atoms. The van der Waals surface area contributed by atoms with Crippen molar-refractivity contribution < 1.29 is 9.59 Å². The van der Waals surface area contributed by atoms with E-state index in [0.29, 0.717) is 17.1 Å². The normalized spacial score (nSPS) is 14.1. The minimum atomic E-state index is -0.231. The first kappa shape index (κ1) is 16.5. The molecule has 0 unspecified atom stereocenters. The maximum absolute atomic E-state index is 12.5. The van der Waals surface area contributed by atoms with Crippen molar-refractivity contribution in [1.82, 2.24) is 0 Å². The topological polar surface area (TPSA) is 49.4 Å². The van der Waals surface area contributed by atoms with E-state index in [1.54, 1.807) is 17.0 Å². The lowest BCUT2D eigenvalue weighted by Gasteiger charge is -2.22. The fourth-order valence-corrected chi connectivity index (χ4v) is 3.09. The molecule has 0 fully saturated rings. The number of amides is 2. The van der Waals surface area contributed by atoms with Crippen molar-refractivity contribution in [3.8, 4) is 0 Å². The molecule has 2 aromatic rings. The van der Waals surface area contributed by atoms with E-state index in [9.17, 15) is 9.59 Å². The van der Waals surface area contributed by atoms with Crippen LogP contribution in [0.5, 0.6) is 0 Å². The first-order valence-electron chi connectivity index (χ1n) is 7.99. The number of para-hydroxylation sites is 1.